The number of rotatable bonds is 3. The summed E-state index contributed by atoms with van der Waals surface area (Å²) < 4.78 is 0. The number of hydrogen-bond acceptors (Lipinski definition) is 5. The summed E-state index contributed by atoms with van der Waals surface area (Å²) in [5.41, 5.74) is 0.114. The van der Waals surface area contributed by atoms with Crippen LogP contribution in [0.2, 0.25) is 15.1 Å². The zero-order chi connectivity index (χ0) is 19.7. The largest absolute Gasteiger partial charge is 0.692 e. The molecule has 3 rings (SSSR count). The van der Waals surface area contributed by atoms with E-state index in [2.05, 4.69) is 5.32 Å². The van der Waals surface area contributed by atoms with E-state index in [0.29, 0.717) is 9.87 Å². The molecule has 0 bridgehead atoms. The number of hydrogen-bond donors (Lipinski definition) is 1. The number of non-ortho nitro benzene ring substituents is 1. The third-order valence-corrected chi connectivity index (χ3v) is 4.62. The van der Waals surface area contributed by atoms with Crippen LogP contribution in [0.5, 0.6) is 0 Å². The Labute approximate surface area is 168 Å². The van der Waals surface area contributed by atoms with E-state index in [-0.39, 0.29) is 45.8 Å². The second-order valence-corrected chi connectivity index (χ2v) is 6.82. The average molecular weight is 430 g/mol. The molecule has 8 nitrogen and oxygen atoms in total. The molecule has 2 aromatic rings. The standard InChI is InChI=1S/C16H11Cl3N4O4/c17-10-7-12(18)15(13(19)8-10)21-5-4-14(22(21)25)20-16(24)9-2-1-3-11(6-9)23(26)27/h1-3,6-8H,4-5H2,(H,20,24). The molecule has 0 fully saturated rings. The fraction of sp³-hybridized carbons (Fsp3) is 0.125. The van der Waals surface area contributed by atoms with Crippen molar-refractivity contribution >= 4 is 57.9 Å². The van der Waals surface area contributed by atoms with Crippen LogP contribution in [-0.4, -0.2) is 28.1 Å². The van der Waals surface area contributed by atoms with Gasteiger partial charge < -0.3 is 5.21 Å². The lowest BCUT2D eigenvalue weighted by molar-refractivity contribution is -0.465. The van der Waals surface area contributed by atoms with E-state index in [1.807, 2.05) is 0 Å². The smallest absolute Gasteiger partial charge is 0.339 e. The van der Waals surface area contributed by atoms with E-state index in [0.717, 1.165) is 6.07 Å². The number of halogens is 3. The van der Waals surface area contributed by atoms with Gasteiger partial charge in [-0.05, 0) is 18.2 Å². The van der Waals surface area contributed by atoms with Crippen LogP contribution in [0.4, 0.5) is 11.4 Å². The first-order valence-corrected chi connectivity index (χ1v) is 8.72. The van der Waals surface area contributed by atoms with Gasteiger partial charge in [-0.3, -0.25) is 10.1 Å². The molecule has 1 amide bonds. The van der Waals surface area contributed by atoms with Crippen molar-refractivity contribution in [1.29, 1.82) is 0 Å². The van der Waals surface area contributed by atoms with Crippen LogP contribution < -0.4 is 10.3 Å². The Bertz CT molecular complexity index is 957. The fourth-order valence-corrected chi connectivity index (χ4v) is 3.61. The molecule has 11 heteroatoms. The van der Waals surface area contributed by atoms with Crippen LogP contribution in [0, 0.1) is 15.3 Å². The zero-order valence-corrected chi connectivity index (χ0v) is 15.8. The van der Waals surface area contributed by atoms with Gasteiger partial charge in [0.1, 0.15) is 5.69 Å². The number of amidine groups is 1. The summed E-state index contributed by atoms with van der Waals surface area (Å²) in [6.07, 6.45) is 0.222. The van der Waals surface area contributed by atoms with Gasteiger partial charge in [0.05, 0.1) is 33.5 Å². The summed E-state index contributed by atoms with van der Waals surface area (Å²) in [4.78, 5) is 23.0. The molecular formula is C16H11Cl3N4O4. The van der Waals surface area contributed by atoms with Crippen molar-refractivity contribution in [2.45, 2.75) is 6.42 Å². The summed E-state index contributed by atoms with van der Waals surface area (Å²) >= 11 is 18.2. The summed E-state index contributed by atoms with van der Waals surface area (Å²) in [7, 11) is 0. The predicted molar refractivity (Wildman–Crippen MR) is 103 cm³/mol. The topological polar surface area (TPSA) is 102 Å². The van der Waals surface area contributed by atoms with E-state index in [1.165, 1.54) is 35.3 Å². The minimum Gasteiger partial charge on any atom is -0.692 e. The second kappa shape index (κ2) is 7.59. The van der Waals surface area contributed by atoms with E-state index in [1.54, 1.807) is 0 Å². The molecule has 1 aliphatic rings. The van der Waals surface area contributed by atoms with E-state index < -0.39 is 10.8 Å². The van der Waals surface area contributed by atoms with Gasteiger partial charge in [0, 0.05) is 17.2 Å². The van der Waals surface area contributed by atoms with Gasteiger partial charge in [-0.1, -0.05) is 40.9 Å². The molecule has 27 heavy (non-hydrogen) atoms. The molecule has 1 aliphatic heterocycles. The first-order valence-electron chi connectivity index (χ1n) is 7.59. The molecule has 1 heterocycles. The van der Waals surface area contributed by atoms with Crippen molar-refractivity contribution in [2.24, 2.45) is 0 Å². The Balaban J connectivity index is 1.85. The summed E-state index contributed by atoms with van der Waals surface area (Å²) in [5.74, 6) is -0.571. The fourth-order valence-electron chi connectivity index (χ4n) is 2.60. The van der Waals surface area contributed by atoms with Crippen LogP contribution in [0.3, 0.4) is 0 Å². The number of benzene rings is 2. The van der Waals surface area contributed by atoms with Crippen molar-refractivity contribution in [2.75, 3.05) is 11.6 Å². The molecule has 0 saturated heterocycles. The number of nitrogens with one attached hydrogen (secondary N) is 1. The highest BCUT2D eigenvalue weighted by molar-refractivity contribution is 6.41. The summed E-state index contributed by atoms with van der Waals surface area (Å²) in [5, 5.41) is 27.9. The molecule has 0 aromatic heterocycles. The van der Waals surface area contributed by atoms with E-state index in [4.69, 9.17) is 34.8 Å². The molecule has 1 N–H and O–H groups in total. The Morgan fingerprint density at radius 2 is 1.85 bits per heavy atom. The Morgan fingerprint density at radius 1 is 1.19 bits per heavy atom. The first-order chi connectivity index (χ1) is 12.8. The van der Waals surface area contributed by atoms with Crippen molar-refractivity contribution in [1.82, 2.24) is 5.32 Å². The van der Waals surface area contributed by atoms with Crippen molar-refractivity contribution < 1.29 is 14.6 Å². The second-order valence-electron chi connectivity index (χ2n) is 5.57. The molecule has 0 saturated carbocycles. The summed E-state index contributed by atoms with van der Waals surface area (Å²) in [6, 6.07) is 8.12. The highest BCUT2D eigenvalue weighted by Gasteiger charge is 2.30. The van der Waals surface area contributed by atoms with Crippen LogP contribution in [0.25, 0.3) is 0 Å². The predicted octanol–water partition coefficient (Wildman–Crippen LogP) is 4.02. The van der Waals surface area contributed by atoms with Gasteiger partial charge in [-0.2, -0.15) is 4.85 Å². The minimum absolute atomic E-state index is 0.0612. The van der Waals surface area contributed by atoms with Crippen LogP contribution in [-0.2, 0) is 0 Å². The lowest BCUT2D eigenvalue weighted by Crippen LogP contribution is -2.36. The van der Waals surface area contributed by atoms with E-state index >= 15 is 0 Å². The van der Waals surface area contributed by atoms with Gasteiger partial charge in [0.15, 0.2) is 0 Å². The molecule has 140 valence electrons. The van der Waals surface area contributed by atoms with Crippen LogP contribution >= 0.6 is 34.8 Å². The lowest BCUT2D eigenvalue weighted by atomic mass is 10.2. The molecule has 0 spiro atoms. The number of nitrogens with zero attached hydrogens (tertiary/aromatic N) is 3. The monoisotopic (exact) mass is 428 g/mol. The Morgan fingerprint density at radius 3 is 2.48 bits per heavy atom. The van der Waals surface area contributed by atoms with Gasteiger partial charge in [0.25, 0.3) is 11.5 Å². The van der Waals surface area contributed by atoms with Crippen LogP contribution in [0.1, 0.15) is 16.8 Å². The van der Waals surface area contributed by atoms with Gasteiger partial charge in [0.2, 0.25) is 0 Å². The number of hydrazine groups is 1. The third kappa shape index (κ3) is 3.92. The molecule has 0 atom stereocenters. The van der Waals surface area contributed by atoms with Crippen molar-refractivity contribution in [3.8, 4) is 0 Å². The van der Waals surface area contributed by atoms with Crippen LogP contribution in [0.15, 0.2) is 36.4 Å². The highest BCUT2D eigenvalue weighted by atomic mass is 35.5. The maximum atomic E-state index is 12.6. The molecular weight excluding hydrogens is 419 g/mol. The maximum Gasteiger partial charge on any atom is 0.339 e. The lowest BCUT2D eigenvalue weighted by Gasteiger charge is -2.23. The average Bonchev–Trinajstić information content (AvgIpc) is 2.95. The third-order valence-electron chi connectivity index (χ3n) is 3.83. The minimum atomic E-state index is -0.635. The van der Waals surface area contributed by atoms with Gasteiger partial charge >= 0.3 is 5.91 Å². The molecule has 0 radical (unpaired) electrons. The number of amides is 1. The van der Waals surface area contributed by atoms with Gasteiger partial charge in [-0.15, -0.1) is 0 Å². The number of nitro benzene ring substituents is 1. The molecule has 0 aliphatic carbocycles. The normalized spacial score (nSPS) is 13.8. The maximum absolute atomic E-state index is 12.6. The first kappa shape index (κ1) is 19.2. The molecule has 0 unspecified atom stereocenters. The number of anilines is 1. The Kier molecular flexibility index (Phi) is 5.41. The quantitative estimate of drug-likeness (QED) is 0.344. The molecule has 2 aromatic carbocycles. The number of nitro groups is 1. The van der Waals surface area contributed by atoms with Crippen molar-refractivity contribution in [3.05, 3.63) is 72.4 Å². The SMILES string of the molecule is O=C(NC1=[N+]([O-])N(c2c(Cl)cc(Cl)cc2Cl)CC1)c1cccc([N+](=O)[O-])c1. The zero-order valence-electron chi connectivity index (χ0n) is 13.5. The number of carbonyl (C=O) groups excluding carboxylic acids is 1. The summed E-state index contributed by atoms with van der Waals surface area (Å²) in [6.45, 7) is 0.231. The highest BCUT2D eigenvalue weighted by Crippen LogP contribution is 2.37. The van der Waals surface area contributed by atoms with E-state index in [9.17, 15) is 20.1 Å². The number of hydrazone groups is 1. The Hall–Kier alpha value is -2.55. The van der Waals surface area contributed by atoms with Gasteiger partial charge in [-0.25, -0.2) is 15.1 Å². The van der Waals surface area contributed by atoms with Crippen molar-refractivity contribution in [3.63, 3.8) is 0 Å². The number of carbonyl (C=O) groups is 1.